The normalized spacial score (nSPS) is 17.9. The monoisotopic (exact) mass is 482 g/mol. The predicted molar refractivity (Wildman–Crippen MR) is 133 cm³/mol. The SMILES string of the molecule is CCCC1CCC(c2ccc(-c3ccc(COc4ccc(OCC)cc4F)cc3)c(F)c2F)CC1. The summed E-state index contributed by atoms with van der Waals surface area (Å²) < 4.78 is 55.1. The van der Waals surface area contributed by atoms with Crippen LogP contribution in [-0.2, 0) is 6.61 Å². The fraction of sp³-hybridized carbons (Fsp3) is 0.400. The minimum Gasteiger partial charge on any atom is -0.494 e. The smallest absolute Gasteiger partial charge is 0.168 e. The van der Waals surface area contributed by atoms with E-state index in [4.69, 9.17) is 9.47 Å². The van der Waals surface area contributed by atoms with Crippen molar-refractivity contribution >= 4 is 0 Å². The molecule has 1 aliphatic carbocycles. The van der Waals surface area contributed by atoms with Gasteiger partial charge in [-0.25, -0.2) is 13.2 Å². The van der Waals surface area contributed by atoms with Crippen molar-refractivity contribution in [3.8, 4) is 22.6 Å². The van der Waals surface area contributed by atoms with Crippen LogP contribution < -0.4 is 9.47 Å². The number of ether oxygens (including phenoxy) is 2. The molecule has 0 spiro atoms. The first-order valence-corrected chi connectivity index (χ1v) is 12.6. The van der Waals surface area contributed by atoms with Gasteiger partial charge in [-0.3, -0.25) is 0 Å². The van der Waals surface area contributed by atoms with Crippen LogP contribution >= 0.6 is 0 Å². The van der Waals surface area contributed by atoms with E-state index in [0.29, 0.717) is 23.5 Å². The molecule has 5 heteroatoms. The molecule has 0 atom stereocenters. The molecule has 1 aliphatic rings. The third-order valence-corrected chi connectivity index (χ3v) is 6.97. The number of hydrogen-bond donors (Lipinski definition) is 0. The first-order valence-electron chi connectivity index (χ1n) is 12.6. The van der Waals surface area contributed by atoms with E-state index in [0.717, 1.165) is 37.2 Å². The first-order chi connectivity index (χ1) is 17.0. The zero-order valence-corrected chi connectivity index (χ0v) is 20.5. The minimum atomic E-state index is -0.793. The van der Waals surface area contributed by atoms with Crippen molar-refractivity contribution in [3.63, 3.8) is 0 Å². The summed E-state index contributed by atoms with van der Waals surface area (Å²) in [6.45, 7) is 4.64. The number of hydrogen-bond acceptors (Lipinski definition) is 2. The number of halogens is 3. The second-order valence-corrected chi connectivity index (χ2v) is 9.35. The van der Waals surface area contributed by atoms with E-state index in [2.05, 4.69) is 6.92 Å². The molecule has 4 rings (SSSR count). The van der Waals surface area contributed by atoms with Gasteiger partial charge in [0.25, 0.3) is 0 Å². The van der Waals surface area contributed by atoms with Crippen molar-refractivity contribution in [1.82, 2.24) is 0 Å². The maximum absolute atomic E-state index is 15.1. The van der Waals surface area contributed by atoms with Crippen LogP contribution in [0.4, 0.5) is 13.2 Å². The highest BCUT2D eigenvalue weighted by atomic mass is 19.2. The van der Waals surface area contributed by atoms with Crippen LogP contribution in [0.5, 0.6) is 11.5 Å². The van der Waals surface area contributed by atoms with Crippen LogP contribution in [0.15, 0.2) is 54.6 Å². The van der Waals surface area contributed by atoms with Gasteiger partial charge in [-0.1, -0.05) is 56.2 Å². The Morgan fingerprint density at radius 1 is 0.800 bits per heavy atom. The zero-order chi connectivity index (χ0) is 24.8. The van der Waals surface area contributed by atoms with E-state index < -0.39 is 17.5 Å². The van der Waals surface area contributed by atoms with Crippen LogP contribution in [0.2, 0.25) is 0 Å². The average Bonchev–Trinajstić information content (AvgIpc) is 2.87. The molecule has 0 bridgehead atoms. The van der Waals surface area contributed by atoms with E-state index in [1.165, 1.54) is 25.0 Å². The summed E-state index contributed by atoms with van der Waals surface area (Å²) in [4.78, 5) is 0. The Labute approximate surface area is 206 Å². The molecule has 35 heavy (non-hydrogen) atoms. The molecule has 0 saturated heterocycles. The van der Waals surface area contributed by atoms with Gasteiger partial charge in [0.15, 0.2) is 23.2 Å². The highest BCUT2D eigenvalue weighted by molar-refractivity contribution is 5.65. The fourth-order valence-electron chi connectivity index (χ4n) is 5.07. The third kappa shape index (κ3) is 6.01. The summed E-state index contributed by atoms with van der Waals surface area (Å²) in [6.07, 6.45) is 6.42. The van der Waals surface area contributed by atoms with Gasteiger partial charge >= 0.3 is 0 Å². The fourth-order valence-corrected chi connectivity index (χ4v) is 5.07. The second-order valence-electron chi connectivity index (χ2n) is 9.35. The van der Waals surface area contributed by atoms with E-state index >= 15 is 8.78 Å². The largest absolute Gasteiger partial charge is 0.494 e. The lowest BCUT2D eigenvalue weighted by Gasteiger charge is -2.29. The summed E-state index contributed by atoms with van der Waals surface area (Å²) in [5, 5.41) is 0. The van der Waals surface area contributed by atoms with E-state index in [-0.39, 0.29) is 23.8 Å². The Morgan fingerprint density at radius 2 is 1.54 bits per heavy atom. The van der Waals surface area contributed by atoms with Crippen LogP contribution in [0, 0.1) is 23.4 Å². The summed E-state index contributed by atoms with van der Waals surface area (Å²) in [6, 6.07) is 15.0. The second kappa shape index (κ2) is 11.7. The van der Waals surface area contributed by atoms with Gasteiger partial charge < -0.3 is 9.47 Å². The number of rotatable bonds is 9. The van der Waals surface area contributed by atoms with E-state index in [1.54, 1.807) is 42.5 Å². The molecular weight excluding hydrogens is 449 g/mol. The Kier molecular flexibility index (Phi) is 8.37. The zero-order valence-electron chi connectivity index (χ0n) is 20.5. The summed E-state index contributed by atoms with van der Waals surface area (Å²) in [5.74, 6) is -0.621. The predicted octanol–water partition coefficient (Wildman–Crippen LogP) is 8.82. The molecule has 0 N–H and O–H groups in total. The lowest BCUT2D eigenvalue weighted by molar-refractivity contribution is 0.287. The first kappa shape index (κ1) is 25.2. The van der Waals surface area contributed by atoms with Crippen LogP contribution in [0.1, 0.15) is 69.4 Å². The van der Waals surface area contributed by atoms with Gasteiger partial charge in [-0.2, -0.15) is 0 Å². The van der Waals surface area contributed by atoms with E-state index in [9.17, 15) is 4.39 Å². The minimum absolute atomic E-state index is 0.0918. The topological polar surface area (TPSA) is 18.5 Å². The molecule has 1 saturated carbocycles. The van der Waals surface area contributed by atoms with Gasteiger partial charge in [0, 0.05) is 11.6 Å². The van der Waals surface area contributed by atoms with Gasteiger partial charge in [0.05, 0.1) is 6.61 Å². The molecule has 0 aromatic heterocycles. The standard InChI is InChI=1S/C30H33F3O2/c1-3-5-20-6-10-22(11-7-20)25-15-16-26(30(33)29(25)32)23-12-8-21(9-13-23)19-35-28-17-14-24(34-4-2)18-27(28)31/h8-9,12-18,20,22H,3-7,10-11,19H2,1-2H3. The van der Waals surface area contributed by atoms with Crippen molar-refractivity contribution in [3.05, 3.63) is 83.2 Å². The van der Waals surface area contributed by atoms with Crippen molar-refractivity contribution in [1.29, 1.82) is 0 Å². The molecule has 1 fully saturated rings. The number of benzene rings is 3. The highest BCUT2D eigenvalue weighted by Crippen LogP contribution is 2.40. The van der Waals surface area contributed by atoms with Crippen molar-refractivity contribution in [2.75, 3.05) is 6.61 Å². The molecule has 0 radical (unpaired) electrons. The van der Waals surface area contributed by atoms with Gasteiger partial charge in [-0.05, 0) is 73.3 Å². The van der Waals surface area contributed by atoms with E-state index in [1.807, 2.05) is 6.92 Å². The van der Waals surface area contributed by atoms with Crippen molar-refractivity contribution in [2.45, 2.75) is 64.9 Å². The van der Waals surface area contributed by atoms with Crippen LogP contribution in [0.25, 0.3) is 11.1 Å². The summed E-state index contributed by atoms with van der Waals surface area (Å²) in [5.41, 5.74) is 2.14. The van der Waals surface area contributed by atoms with Crippen molar-refractivity contribution in [2.24, 2.45) is 5.92 Å². The Hall–Kier alpha value is -2.95. The van der Waals surface area contributed by atoms with Crippen molar-refractivity contribution < 1.29 is 22.6 Å². The van der Waals surface area contributed by atoms with Crippen LogP contribution in [-0.4, -0.2) is 6.61 Å². The molecule has 0 amide bonds. The molecule has 0 heterocycles. The molecule has 3 aromatic carbocycles. The molecule has 0 aliphatic heterocycles. The Morgan fingerprint density at radius 3 is 2.20 bits per heavy atom. The third-order valence-electron chi connectivity index (χ3n) is 6.97. The Balaban J connectivity index is 1.41. The maximum Gasteiger partial charge on any atom is 0.168 e. The quantitative estimate of drug-likeness (QED) is 0.303. The summed E-state index contributed by atoms with van der Waals surface area (Å²) in [7, 11) is 0. The van der Waals surface area contributed by atoms with Gasteiger partial charge in [0.1, 0.15) is 12.4 Å². The highest BCUT2D eigenvalue weighted by Gasteiger charge is 2.26. The molecule has 186 valence electrons. The molecule has 2 nitrogen and oxygen atoms in total. The van der Waals surface area contributed by atoms with Crippen LogP contribution in [0.3, 0.4) is 0 Å². The lowest BCUT2D eigenvalue weighted by Crippen LogP contribution is -2.15. The Bertz CT molecular complexity index is 1120. The summed E-state index contributed by atoms with van der Waals surface area (Å²) >= 11 is 0. The molecule has 3 aromatic rings. The van der Waals surface area contributed by atoms with Gasteiger partial charge in [-0.15, -0.1) is 0 Å². The molecule has 0 unspecified atom stereocenters. The lowest BCUT2D eigenvalue weighted by atomic mass is 9.77. The maximum atomic E-state index is 15.1. The van der Waals surface area contributed by atoms with Gasteiger partial charge in [0.2, 0.25) is 0 Å². The average molecular weight is 483 g/mol. The molecular formula is C30H33F3O2.